The first-order valence-electron chi connectivity index (χ1n) is 5.71. The predicted octanol–water partition coefficient (Wildman–Crippen LogP) is 3.61. The zero-order valence-electron chi connectivity index (χ0n) is 10.9. The van der Waals surface area contributed by atoms with Crippen molar-refractivity contribution in [3.63, 3.8) is 0 Å². The van der Waals surface area contributed by atoms with E-state index in [-0.39, 0.29) is 17.8 Å². The van der Waals surface area contributed by atoms with E-state index in [0.29, 0.717) is 16.5 Å². The Morgan fingerprint density at radius 2 is 1.50 bits per heavy atom. The second-order valence-corrected chi connectivity index (χ2v) is 4.80. The van der Waals surface area contributed by atoms with Gasteiger partial charge in [0.25, 0.3) is 0 Å². The van der Waals surface area contributed by atoms with Gasteiger partial charge in [-0.3, -0.25) is 0 Å². The molecule has 1 aromatic rings. The van der Waals surface area contributed by atoms with Crippen LogP contribution >= 0.6 is 11.6 Å². The minimum atomic E-state index is -1.05. The Bertz CT molecular complexity index is 410. The van der Waals surface area contributed by atoms with Gasteiger partial charge in [-0.25, -0.2) is 4.79 Å². The van der Waals surface area contributed by atoms with E-state index in [4.69, 9.17) is 26.2 Å². The maximum atomic E-state index is 11.0. The van der Waals surface area contributed by atoms with Crippen LogP contribution in [0.25, 0.3) is 0 Å². The zero-order valence-corrected chi connectivity index (χ0v) is 11.6. The highest BCUT2D eigenvalue weighted by molar-refractivity contribution is 6.33. The van der Waals surface area contributed by atoms with Crippen LogP contribution in [0, 0.1) is 0 Å². The van der Waals surface area contributed by atoms with Crippen molar-refractivity contribution in [3.05, 3.63) is 22.7 Å². The number of benzene rings is 1. The molecule has 0 saturated carbocycles. The van der Waals surface area contributed by atoms with Gasteiger partial charge in [-0.2, -0.15) is 0 Å². The summed E-state index contributed by atoms with van der Waals surface area (Å²) in [6.45, 7) is 7.36. The fourth-order valence-corrected chi connectivity index (χ4v) is 1.57. The first-order valence-corrected chi connectivity index (χ1v) is 6.09. The summed E-state index contributed by atoms with van der Waals surface area (Å²) in [6.07, 6.45) is -0.197. The molecule has 0 aromatic heterocycles. The van der Waals surface area contributed by atoms with E-state index in [1.165, 1.54) is 12.1 Å². The Labute approximate surface area is 111 Å². The Hall–Kier alpha value is -1.42. The number of halogens is 1. The minimum absolute atomic E-state index is 0.0886. The Morgan fingerprint density at radius 3 is 1.78 bits per heavy atom. The molecule has 0 unspecified atom stereocenters. The molecule has 0 bridgehead atoms. The second-order valence-electron chi connectivity index (χ2n) is 4.42. The van der Waals surface area contributed by atoms with E-state index in [9.17, 15) is 4.79 Å². The molecule has 1 rings (SSSR count). The van der Waals surface area contributed by atoms with E-state index in [1.807, 2.05) is 27.7 Å². The molecule has 0 amide bonds. The van der Waals surface area contributed by atoms with Crippen LogP contribution in [0.1, 0.15) is 38.1 Å². The van der Waals surface area contributed by atoms with Crippen LogP contribution in [0.2, 0.25) is 5.02 Å². The van der Waals surface area contributed by atoms with Gasteiger partial charge in [-0.15, -0.1) is 0 Å². The van der Waals surface area contributed by atoms with Crippen LogP contribution < -0.4 is 9.47 Å². The number of hydrogen-bond acceptors (Lipinski definition) is 3. The van der Waals surface area contributed by atoms with Gasteiger partial charge >= 0.3 is 5.97 Å². The lowest BCUT2D eigenvalue weighted by Gasteiger charge is -2.17. The molecule has 4 nitrogen and oxygen atoms in total. The molecule has 0 radical (unpaired) electrons. The summed E-state index contributed by atoms with van der Waals surface area (Å²) in [4.78, 5) is 11.0. The Morgan fingerprint density at radius 1 is 1.11 bits per heavy atom. The third kappa shape index (κ3) is 3.81. The van der Waals surface area contributed by atoms with Crippen molar-refractivity contribution in [2.24, 2.45) is 0 Å². The van der Waals surface area contributed by atoms with Crippen LogP contribution in [-0.4, -0.2) is 23.3 Å². The quantitative estimate of drug-likeness (QED) is 0.889. The normalized spacial score (nSPS) is 10.8. The van der Waals surface area contributed by atoms with Crippen LogP contribution in [-0.2, 0) is 0 Å². The van der Waals surface area contributed by atoms with Crippen LogP contribution in [0.5, 0.6) is 11.5 Å². The molecular formula is C13H17ClO4. The number of rotatable bonds is 5. The van der Waals surface area contributed by atoms with E-state index in [0.717, 1.165) is 0 Å². The summed E-state index contributed by atoms with van der Waals surface area (Å²) < 4.78 is 11.0. The lowest BCUT2D eigenvalue weighted by atomic mass is 10.2. The minimum Gasteiger partial charge on any atom is -0.489 e. The van der Waals surface area contributed by atoms with Crippen molar-refractivity contribution in [1.82, 2.24) is 0 Å². The molecule has 0 aliphatic heterocycles. The maximum absolute atomic E-state index is 11.0. The highest BCUT2D eigenvalue weighted by atomic mass is 35.5. The summed E-state index contributed by atoms with van der Waals surface area (Å²) in [6, 6.07) is 2.80. The number of ether oxygens (including phenoxy) is 2. The van der Waals surface area contributed by atoms with Crippen LogP contribution in [0.4, 0.5) is 0 Å². The molecule has 1 aromatic carbocycles. The maximum Gasteiger partial charge on any atom is 0.335 e. The average Bonchev–Trinajstić information content (AvgIpc) is 2.22. The molecular weight excluding hydrogens is 256 g/mol. The SMILES string of the molecule is CC(C)Oc1cc(C(=O)O)cc(OC(C)C)c1Cl. The molecule has 0 fully saturated rings. The summed E-state index contributed by atoms with van der Waals surface area (Å²) in [5, 5.41) is 9.33. The lowest BCUT2D eigenvalue weighted by molar-refractivity contribution is 0.0695. The van der Waals surface area contributed by atoms with Gasteiger partial charge in [-0.1, -0.05) is 11.6 Å². The smallest absolute Gasteiger partial charge is 0.335 e. The highest BCUT2D eigenvalue weighted by Gasteiger charge is 2.16. The number of carboxylic acids is 1. The zero-order chi connectivity index (χ0) is 13.9. The number of hydrogen-bond donors (Lipinski definition) is 1. The third-order valence-electron chi connectivity index (χ3n) is 1.98. The van der Waals surface area contributed by atoms with Crippen molar-refractivity contribution in [2.75, 3.05) is 0 Å². The molecule has 0 aliphatic rings. The number of aromatic carboxylic acids is 1. The topological polar surface area (TPSA) is 55.8 Å². The summed E-state index contributed by atoms with van der Waals surface area (Å²) >= 11 is 6.13. The number of carboxylic acid groups (broad SMARTS) is 1. The van der Waals surface area contributed by atoms with Gasteiger partial charge in [0.15, 0.2) is 0 Å². The first kappa shape index (κ1) is 14.6. The molecule has 0 spiro atoms. The van der Waals surface area contributed by atoms with E-state index < -0.39 is 5.97 Å². The van der Waals surface area contributed by atoms with Crippen molar-refractivity contribution in [3.8, 4) is 11.5 Å². The summed E-state index contributed by atoms with van der Waals surface area (Å²) in [5.74, 6) is -0.404. The van der Waals surface area contributed by atoms with Gasteiger partial charge in [0.05, 0.1) is 17.8 Å². The lowest BCUT2D eigenvalue weighted by Crippen LogP contribution is -2.10. The monoisotopic (exact) mass is 272 g/mol. The molecule has 18 heavy (non-hydrogen) atoms. The van der Waals surface area contributed by atoms with Gasteiger partial charge in [0, 0.05) is 0 Å². The highest BCUT2D eigenvalue weighted by Crippen LogP contribution is 2.36. The van der Waals surface area contributed by atoms with E-state index in [2.05, 4.69) is 0 Å². The average molecular weight is 273 g/mol. The van der Waals surface area contributed by atoms with E-state index >= 15 is 0 Å². The fourth-order valence-electron chi connectivity index (χ4n) is 1.38. The summed E-state index contributed by atoms with van der Waals surface area (Å²) in [7, 11) is 0. The fraction of sp³-hybridized carbons (Fsp3) is 0.462. The Kier molecular flexibility index (Phi) is 4.84. The second kappa shape index (κ2) is 5.96. The van der Waals surface area contributed by atoms with Crippen molar-refractivity contribution < 1.29 is 19.4 Å². The molecule has 100 valence electrons. The van der Waals surface area contributed by atoms with Gasteiger partial charge < -0.3 is 14.6 Å². The van der Waals surface area contributed by atoms with Crippen LogP contribution in [0.15, 0.2) is 12.1 Å². The molecule has 0 atom stereocenters. The largest absolute Gasteiger partial charge is 0.489 e. The van der Waals surface area contributed by atoms with Gasteiger partial charge in [0.2, 0.25) is 0 Å². The van der Waals surface area contributed by atoms with Crippen molar-refractivity contribution in [1.29, 1.82) is 0 Å². The third-order valence-corrected chi connectivity index (χ3v) is 2.35. The predicted molar refractivity (Wildman–Crippen MR) is 69.9 cm³/mol. The molecule has 1 N–H and O–H groups in total. The van der Waals surface area contributed by atoms with Crippen molar-refractivity contribution >= 4 is 17.6 Å². The summed E-state index contributed by atoms with van der Waals surface area (Å²) in [5.41, 5.74) is 0.0886. The Balaban J connectivity index is 3.23. The molecule has 0 saturated heterocycles. The molecule has 0 aliphatic carbocycles. The van der Waals surface area contributed by atoms with E-state index in [1.54, 1.807) is 0 Å². The molecule has 5 heteroatoms. The van der Waals surface area contributed by atoms with Gasteiger partial charge in [-0.05, 0) is 39.8 Å². The molecule has 0 heterocycles. The number of carbonyl (C=O) groups is 1. The first-order chi connectivity index (χ1) is 8.31. The van der Waals surface area contributed by atoms with Crippen LogP contribution in [0.3, 0.4) is 0 Å². The van der Waals surface area contributed by atoms with Crippen molar-refractivity contribution in [2.45, 2.75) is 39.9 Å². The van der Waals surface area contributed by atoms with Gasteiger partial charge in [0.1, 0.15) is 16.5 Å². The standard InChI is InChI=1S/C13H17ClO4/c1-7(2)17-10-5-9(13(15)16)6-11(12(10)14)18-8(3)4/h5-8H,1-4H3,(H,15,16).